The van der Waals surface area contributed by atoms with Crippen LogP contribution in [-0.4, -0.2) is 64.9 Å². The van der Waals surface area contributed by atoms with Gasteiger partial charge in [-0.25, -0.2) is 4.21 Å². The molecule has 4 bridgehead atoms. The fraction of sp³-hybridized carbons (Fsp3) is 0.515. The summed E-state index contributed by atoms with van der Waals surface area (Å²) in [7, 11) is -2.96. The van der Waals surface area contributed by atoms with E-state index in [1.807, 2.05) is 18.2 Å². The van der Waals surface area contributed by atoms with Crippen LogP contribution in [0, 0.1) is 11.8 Å². The summed E-state index contributed by atoms with van der Waals surface area (Å²) < 4.78 is 28.8. The van der Waals surface area contributed by atoms with E-state index in [0.717, 1.165) is 61.7 Å². The van der Waals surface area contributed by atoms with Crippen LogP contribution in [0.4, 0.5) is 5.69 Å². The van der Waals surface area contributed by atoms with Crippen molar-refractivity contribution in [1.29, 1.82) is 0 Å². The number of benzene rings is 2. The van der Waals surface area contributed by atoms with Gasteiger partial charge in [-0.3, -0.25) is 9.52 Å². The van der Waals surface area contributed by atoms with E-state index < -0.39 is 21.2 Å². The van der Waals surface area contributed by atoms with E-state index >= 15 is 0 Å². The SMILES string of the molecule is C=S1(=O)C/C=C/C2(O)CCOC(C2)C2CCC2CN2CC3(CCCc4cc(Cl)ccc43)COc3ccc(cc32)C(=O)N1. The lowest BCUT2D eigenvalue weighted by Crippen LogP contribution is -2.52. The van der Waals surface area contributed by atoms with E-state index in [1.54, 1.807) is 18.2 Å². The standard InChI is InChI=1S/C33H39ClN2O5S/c1-42(39)15-3-12-33(38)13-14-40-30(18-33)26-8-5-24(26)19-36-20-32(11-2-4-22-16-25(34)7-9-27(22)32)21-41-29-10-6-23(17-28(29)36)31(37)35-42/h3,6-7,9-10,12,16-17,24,26,30,38H,1-2,4-5,8,11,13-15,18-21H2,(H,35,37,39)/b12-3+. The second-order valence-electron chi connectivity index (χ2n) is 13.1. The van der Waals surface area contributed by atoms with Crippen molar-refractivity contribution in [3.8, 4) is 5.75 Å². The summed E-state index contributed by atoms with van der Waals surface area (Å²) in [6.07, 6.45) is 9.62. The van der Waals surface area contributed by atoms with Crippen molar-refractivity contribution in [2.24, 2.45) is 11.8 Å². The van der Waals surface area contributed by atoms with Crippen LogP contribution in [-0.2, 0) is 26.3 Å². The number of halogens is 1. The first-order valence-electron chi connectivity index (χ1n) is 15.1. The number of carbonyl (C=O) groups excluding carboxylic acids is 1. The molecule has 7 nitrogen and oxygen atoms in total. The molecule has 42 heavy (non-hydrogen) atoms. The zero-order valence-corrected chi connectivity index (χ0v) is 25.4. The van der Waals surface area contributed by atoms with Crippen LogP contribution in [0.25, 0.3) is 0 Å². The Hall–Kier alpha value is -2.52. The van der Waals surface area contributed by atoms with E-state index in [0.29, 0.717) is 43.5 Å². The Labute approximate surface area is 253 Å². The predicted molar refractivity (Wildman–Crippen MR) is 167 cm³/mol. The third kappa shape index (κ3) is 5.25. The minimum atomic E-state index is -2.96. The molecule has 2 N–H and O–H groups in total. The third-order valence-electron chi connectivity index (χ3n) is 10.2. The van der Waals surface area contributed by atoms with Gasteiger partial charge in [0.2, 0.25) is 0 Å². The molecular formula is C33H39ClN2O5S. The van der Waals surface area contributed by atoms with Crippen molar-refractivity contribution < 1.29 is 23.6 Å². The zero-order valence-electron chi connectivity index (χ0n) is 23.9. The first-order chi connectivity index (χ1) is 20.1. The molecule has 6 atom stereocenters. The van der Waals surface area contributed by atoms with Crippen LogP contribution in [0.2, 0.25) is 5.02 Å². The highest BCUT2D eigenvalue weighted by atomic mass is 35.5. The van der Waals surface area contributed by atoms with Crippen LogP contribution < -0.4 is 14.4 Å². The molecule has 224 valence electrons. The lowest BCUT2D eigenvalue weighted by Gasteiger charge is -2.48. The summed E-state index contributed by atoms with van der Waals surface area (Å²) in [4.78, 5) is 15.8. The summed E-state index contributed by atoms with van der Waals surface area (Å²) in [5.74, 6) is 4.91. The molecule has 0 aromatic heterocycles. The molecule has 3 heterocycles. The first-order valence-corrected chi connectivity index (χ1v) is 17.4. The molecule has 9 heteroatoms. The largest absolute Gasteiger partial charge is 0.490 e. The third-order valence-corrected chi connectivity index (χ3v) is 11.7. The lowest BCUT2D eigenvalue weighted by atomic mass is 9.66. The number of anilines is 1. The lowest BCUT2D eigenvalue weighted by molar-refractivity contribution is -0.125. The molecule has 5 aliphatic rings. The monoisotopic (exact) mass is 610 g/mol. The van der Waals surface area contributed by atoms with E-state index in [1.165, 1.54) is 11.1 Å². The van der Waals surface area contributed by atoms with Gasteiger partial charge in [-0.1, -0.05) is 29.8 Å². The van der Waals surface area contributed by atoms with Gasteiger partial charge in [0.25, 0.3) is 5.91 Å². The van der Waals surface area contributed by atoms with E-state index in [4.69, 9.17) is 21.1 Å². The fourth-order valence-corrected chi connectivity index (χ4v) is 9.01. The highest BCUT2D eigenvalue weighted by molar-refractivity contribution is 7.99. The van der Waals surface area contributed by atoms with Crippen LogP contribution in [0.5, 0.6) is 5.75 Å². The number of nitrogens with one attached hydrogen (secondary N) is 1. The maximum atomic E-state index is 13.4. The average molecular weight is 611 g/mol. The van der Waals surface area contributed by atoms with Gasteiger partial charge >= 0.3 is 0 Å². The van der Waals surface area contributed by atoms with Gasteiger partial charge in [0.15, 0.2) is 0 Å². The number of aryl methyl sites for hydroxylation is 1. The minimum absolute atomic E-state index is 0.0376. The number of rotatable bonds is 0. The van der Waals surface area contributed by atoms with Crippen molar-refractivity contribution in [2.45, 2.75) is 62.1 Å². The summed E-state index contributed by atoms with van der Waals surface area (Å²) in [6, 6.07) is 11.7. The Bertz CT molecular complexity index is 1540. The Morgan fingerprint density at radius 3 is 2.88 bits per heavy atom. The molecule has 2 fully saturated rings. The van der Waals surface area contributed by atoms with Crippen LogP contribution >= 0.6 is 11.6 Å². The molecule has 0 radical (unpaired) electrons. The average Bonchev–Trinajstić information content (AvgIpc) is 3.07. The van der Waals surface area contributed by atoms with Crippen molar-refractivity contribution in [3.63, 3.8) is 0 Å². The number of amides is 1. The number of hydrogen-bond acceptors (Lipinski definition) is 6. The Kier molecular flexibility index (Phi) is 7.12. The zero-order chi connectivity index (χ0) is 29.1. The van der Waals surface area contributed by atoms with Crippen molar-refractivity contribution in [2.75, 3.05) is 37.0 Å². The Morgan fingerprint density at radius 2 is 2.05 bits per heavy atom. The number of fused-ring (bicyclic) bond motifs is 7. The highest BCUT2D eigenvalue weighted by Gasteiger charge is 2.46. The number of ether oxygens (including phenoxy) is 2. The molecule has 3 aliphatic heterocycles. The maximum Gasteiger partial charge on any atom is 0.262 e. The quantitative estimate of drug-likeness (QED) is 0.333. The van der Waals surface area contributed by atoms with Crippen LogP contribution in [0.15, 0.2) is 48.6 Å². The van der Waals surface area contributed by atoms with Crippen molar-refractivity contribution in [1.82, 2.24) is 4.72 Å². The maximum absolute atomic E-state index is 13.4. The molecule has 2 aromatic carbocycles. The van der Waals surface area contributed by atoms with Crippen molar-refractivity contribution >= 4 is 38.8 Å². The molecule has 7 rings (SSSR count). The molecule has 1 saturated heterocycles. The van der Waals surface area contributed by atoms with Gasteiger partial charge in [-0.05, 0) is 91.3 Å². The fourth-order valence-electron chi connectivity index (χ4n) is 7.86. The van der Waals surface area contributed by atoms with E-state index in [9.17, 15) is 14.1 Å². The molecule has 2 aromatic rings. The number of hydrogen-bond donors (Lipinski definition) is 2. The summed E-state index contributed by atoms with van der Waals surface area (Å²) in [5, 5.41) is 12.2. The smallest absolute Gasteiger partial charge is 0.262 e. The van der Waals surface area contributed by atoms with Crippen molar-refractivity contribution in [3.05, 3.63) is 70.3 Å². The predicted octanol–water partition coefficient (Wildman–Crippen LogP) is 4.68. The summed E-state index contributed by atoms with van der Waals surface area (Å²) in [5.41, 5.74) is 2.65. The summed E-state index contributed by atoms with van der Waals surface area (Å²) in [6.45, 7) is 2.59. The number of aliphatic hydroxyl groups is 1. The number of nitrogens with zero attached hydrogens (tertiary/aromatic N) is 1. The second-order valence-corrected chi connectivity index (χ2v) is 15.7. The van der Waals surface area contributed by atoms with E-state index in [-0.39, 0.29) is 17.3 Å². The normalized spacial score (nSPS) is 36.9. The van der Waals surface area contributed by atoms with Gasteiger partial charge in [0.1, 0.15) is 5.75 Å². The minimum Gasteiger partial charge on any atom is -0.490 e. The van der Waals surface area contributed by atoms with Crippen LogP contribution in [0.1, 0.15) is 60.0 Å². The Balaban J connectivity index is 1.30. The van der Waals surface area contributed by atoms with Gasteiger partial charge < -0.3 is 19.5 Å². The molecule has 1 amide bonds. The Morgan fingerprint density at radius 1 is 1.17 bits per heavy atom. The molecule has 1 spiro atoms. The van der Waals surface area contributed by atoms with Crippen LogP contribution in [0.3, 0.4) is 0 Å². The van der Waals surface area contributed by atoms with Gasteiger partial charge in [0.05, 0.1) is 46.1 Å². The molecule has 2 aliphatic carbocycles. The summed E-state index contributed by atoms with van der Waals surface area (Å²) >= 11 is 6.41. The van der Waals surface area contributed by atoms with Gasteiger partial charge in [0, 0.05) is 41.9 Å². The second kappa shape index (κ2) is 10.6. The van der Waals surface area contributed by atoms with Gasteiger partial charge in [-0.15, -0.1) is 0 Å². The topological polar surface area (TPSA) is 88.1 Å². The molecule has 6 unspecified atom stereocenters. The highest BCUT2D eigenvalue weighted by Crippen LogP contribution is 2.48. The number of carbonyl (C=O) groups is 1. The van der Waals surface area contributed by atoms with E-state index in [2.05, 4.69) is 27.6 Å². The molecular weight excluding hydrogens is 572 g/mol. The first kappa shape index (κ1) is 28.3. The van der Waals surface area contributed by atoms with Gasteiger partial charge in [-0.2, -0.15) is 0 Å². The molecule has 1 saturated carbocycles.